The van der Waals surface area contributed by atoms with Crippen LogP contribution >= 0.6 is 0 Å². The summed E-state index contributed by atoms with van der Waals surface area (Å²) in [6, 6.07) is 12.8. The summed E-state index contributed by atoms with van der Waals surface area (Å²) in [6.07, 6.45) is 7.29. The van der Waals surface area contributed by atoms with Crippen molar-refractivity contribution < 1.29 is 0 Å². The summed E-state index contributed by atoms with van der Waals surface area (Å²) in [5.41, 5.74) is 2.85. The lowest BCUT2D eigenvalue weighted by atomic mass is 9.91. The van der Waals surface area contributed by atoms with E-state index in [0.717, 1.165) is 25.2 Å². The molecule has 0 amide bonds. The zero-order valence-corrected chi connectivity index (χ0v) is 13.6. The Morgan fingerprint density at radius 1 is 0.958 bits per heavy atom. The minimum absolute atomic E-state index is 0.342. The van der Waals surface area contributed by atoms with Crippen molar-refractivity contribution in [2.45, 2.75) is 25.8 Å². The third kappa shape index (κ3) is 2.62. The third-order valence-corrected chi connectivity index (χ3v) is 4.50. The van der Waals surface area contributed by atoms with Gasteiger partial charge < -0.3 is 4.90 Å². The second-order valence-electron chi connectivity index (χ2n) is 5.88. The lowest BCUT2D eigenvalue weighted by Gasteiger charge is -2.37. The molecule has 0 saturated heterocycles. The smallest absolute Gasteiger partial charge is 0.199 e. The molecule has 0 radical (unpaired) electrons. The lowest BCUT2D eigenvalue weighted by molar-refractivity contribution is 0.561. The van der Waals surface area contributed by atoms with Gasteiger partial charge >= 0.3 is 0 Å². The van der Waals surface area contributed by atoms with E-state index in [1.54, 1.807) is 24.7 Å². The van der Waals surface area contributed by atoms with Crippen LogP contribution in [0.15, 0.2) is 55.0 Å². The Kier molecular flexibility index (Phi) is 3.91. The highest BCUT2D eigenvalue weighted by Crippen LogP contribution is 2.35. The summed E-state index contributed by atoms with van der Waals surface area (Å²) in [7, 11) is 0. The first kappa shape index (κ1) is 14.8. The van der Waals surface area contributed by atoms with Crippen molar-refractivity contribution >= 4 is 5.82 Å². The van der Waals surface area contributed by atoms with Crippen LogP contribution in [0.1, 0.15) is 30.5 Å². The average Bonchev–Trinajstić information content (AvgIpc) is 2.68. The molecule has 4 rings (SSSR count). The fraction of sp³-hybridized carbons (Fsp3) is 0.263. The zero-order chi connectivity index (χ0) is 16.4. The number of benzene rings is 1. The molecule has 0 bridgehead atoms. The van der Waals surface area contributed by atoms with Crippen LogP contribution in [-0.4, -0.2) is 26.5 Å². The van der Waals surface area contributed by atoms with Gasteiger partial charge in [0.05, 0.1) is 6.04 Å². The van der Waals surface area contributed by atoms with Crippen molar-refractivity contribution in [3.05, 3.63) is 66.1 Å². The number of aromatic nitrogens is 4. The van der Waals surface area contributed by atoms with Crippen molar-refractivity contribution in [1.29, 1.82) is 0 Å². The summed E-state index contributed by atoms with van der Waals surface area (Å²) in [6.45, 7) is 3.18. The molecule has 2 aromatic heterocycles. The number of rotatable bonds is 3. The van der Waals surface area contributed by atoms with Crippen LogP contribution in [0.5, 0.6) is 0 Å². The molecule has 1 aliphatic rings. The van der Waals surface area contributed by atoms with Gasteiger partial charge in [-0.3, -0.25) is 0 Å². The summed E-state index contributed by atoms with van der Waals surface area (Å²) < 4.78 is 0. The summed E-state index contributed by atoms with van der Waals surface area (Å²) in [4.78, 5) is 19.9. The van der Waals surface area contributed by atoms with Gasteiger partial charge in [-0.25, -0.2) is 19.9 Å². The zero-order valence-electron chi connectivity index (χ0n) is 13.6. The Morgan fingerprint density at radius 3 is 2.58 bits per heavy atom. The second-order valence-corrected chi connectivity index (χ2v) is 5.88. The molecular formula is C19H19N5. The van der Waals surface area contributed by atoms with Gasteiger partial charge in [-0.2, -0.15) is 0 Å². The Bertz CT molecular complexity index is 834. The van der Waals surface area contributed by atoms with Crippen molar-refractivity contribution in [3.63, 3.8) is 0 Å². The number of fused-ring (bicyclic) bond motifs is 1. The number of nitrogens with zero attached hydrogens (tertiary/aromatic N) is 5. The van der Waals surface area contributed by atoms with E-state index in [4.69, 9.17) is 4.98 Å². The van der Waals surface area contributed by atoms with E-state index in [9.17, 15) is 0 Å². The van der Waals surface area contributed by atoms with Gasteiger partial charge in [0.25, 0.3) is 0 Å². The molecule has 5 nitrogen and oxygen atoms in total. The molecule has 3 heterocycles. The van der Waals surface area contributed by atoms with Crippen LogP contribution in [-0.2, 0) is 6.42 Å². The molecule has 1 unspecified atom stereocenters. The summed E-state index contributed by atoms with van der Waals surface area (Å²) in [5, 5.41) is 0. The second kappa shape index (κ2) is 6.35. The van der Waals surface area contributed by atoms with Crippen molar-refractivity contribution in [2.75, 3.05) is 11.4 Å². The van der Waals surface area contributed by atoms with Crippen LogP contribution in [0.4, 0.5) is 5.82 Å². The molecule has 0 saturated carbocycles. The number of hydrogen-bond donors (Lipinski definition) is 0. The Morgan fingerprint density at radius 2 is 1.75 bits per heavy atom. The molecule has 1 aliphatic heterocycles. The van der Waals surface area contributed by atoms with E-state index in [-0.39, 0.29) is 0 Å². The first-order chi connectivity index (χ1) is 11.9. The fourth-order valence-electron chi connectivity index (χ4n) is 3.40. The van der Waals surface area contributed by atoms with Crippen LogP contribution in [0.2, 0.25) is 0 Å². The maximum absolute atomic E-state index is 4.73. The molecule has 5 heteroatoms. The molecule has 0 aliphatic carbocycles. The molecule has 0 N–H and O–H groups in total. The van der Waals surface area contributed by atoms with Gasteiger partial charge in [0.15, 0.2) is 11.6 Å². The highest BCUT2D eigenvalue weighted by molar-refractivity contribution is 5.52. The maximum Gasteiger partial charge on any atom is 0.199 e. The molecular weight excluding hydrogens is 298 g/mol. The highest BCUT2D eigenvalue weighted by Gasteiger charge is 2.27. The van der Waals surface area contributed by atoms with Crippen LogP contribution < -0.4 is 4.90 Å². The summed E-state index contributed by atoms with van der Waals surface area (Å²) >= 11 is 0. The topological polar surface area (TPSA) is 54.8 Å². The van der Waals surface area contributed by atoms with Crippen molar-refractivity contribution in [2.24, 2.45) is 0 Å². The number of anilines is 1. The predicted octanol–water partition coefficient (Wildman–Crippen LogP) is 3.45. The maximum atomic E-state index is 4.73. The quantitative estimate of drug-likeness (QED) is 0.740. The summed E-state index contributed by atoms with van der Waals surface area (Å²) in [5.74, 6) is 2.07. The third-order valence-electron chi connectivity index (χ3n) is 4.50. The Balaban J connectivity index is 1.72. The fourth-order valence-corrected chi connectivity index (χ4v) is 3.40. The minimum Gasteiger partial charge on any atom is -0.349 e. The van der Waals surface area contributed by atoms with Crippen molar-refractivity contribution in [1.82, 2.24) is 19.9 Å². The molecule has 1 aromatic carbocycles. The van der Waals surface area contributed by atoms with E-state index in [1.807, 2.05) is 6.07 Å². The minimum atomic E-state index is 0.342. The van der Waals surface area contributed by atoms with Gasteiger partial charge in [0, 0.05) is 25.1 Å². The van der Waals surface area contributed by atoms with Crippen LogP contribution in [0.3, 0.4) is 0 Å². The van der Waals surface area contributed by atoms with Gasteiger partial charge in [0.2, 0.25) is 0 Å². The molecule has 3 aromatic rings. The van der Waals surface area contributed by atoms with Gasteiger partial charge in [-0.1, -0.05) is 31.2 Å². The average molecular weight is 317 g/mol. The standard InChI is InChI=1S/C19H19N5/c1-2-16-15-7-4-3-6-14(15)9-13-24(16)17-8-12-22-19(23-17)18-20-10-5-11-21-18/h3-8,10-12,16H,2,9,13H2,1H3. The Hall–Kier alpha value is -2.82. The van der Waals surface area contributed by atoms with E-state index in [2.05, 4.69) is 51.0 Å². The van der Waals surface area contributed by atoms with Gasteiger partial charge in [0.1, 0.15) is 5.82 Å². The normalized spacial score (nSPS) is 16.7. The highest BCUT2D eigenvalue weighted by atomic mass is 15.2. The molecule has 1 atom stereocenters. The van der Waals surface area contributed by atoms with E-state index < -0.39 is 0 Å². The SMILES string of the molecule is CCC1c2ccccc2CCN1c1ccnc(-c2ncccn2)n1. The number of hydrogen-bond acceptors (Lipinski definition) is 5. The van der Waals surface area contributed by atoms with Gasteiger partial charge in [-0.15, -0.1) is 0 Å². The monoisotopic (exact) mass is 317 g/mol. The van der Waals surface area contributed by atoms with E-state index in [0.29, 0.717) is 17.7 Å². The van der Waals surface area contributed by atoms with Crippen LogP contribution in [0, 0.1) is 0 Å². The van der Waals surface area contributed by atoms with Crippen molar-refractivity contribution in [3.8, 4) is 11.6 Å². The first-order valence-corrected chi connectivity index (χ1v) is 8.31. The Labute approximate surface area is 141 Å². The van der Waals surface area contributed by atoms with E-state index >= 15 is 0 Å². The largest absolute Gasteiger partial charge is 0.349 e. The van der Waals surface area contributed by atoms with Gasteiger partial charge in [-0.05, 0) is 36.1 Å². The molecule has 24 heavy (non-hydrogen) atoms. The molecule has 0 fully saturated rings. The predicted molar refractivity (Wildman–Crippen MR) is 93.6 cm³/mol. The molecule has 120 valence electrons. The molecule has 0 spiro atoms. The first-order valence-electron chi connectivity index (χ1n) is 8.31. The van der Waals surface area contributed by atoms with E-state index in [1.165, 1.54) is 11.1 Å². The lowest BCUT2D eigenvalue weighted by Crippen LogP contribution is -2.35. The van der Waals surface area contributed by atoms with Crippen LogP contribution in [0.25, 0.3) is 11.6 Å².